The van der Waals surface area contributed by atoms with E-state index in [9.17, 15) is 0 Å². The minimum atomic E-state index is 0.644. The molecule has 0 aliphatic heterocycles. The number of hydrogen-bond donors (Lipinski definition) is 1. The van der Waals surface area contributed by atoms with Gasteiger partial charge in [0.05, 0.1) is 20.6 Å². The summed E-state index contributed by atoms with van der Waals surface area (Å²) >= 11 is 0. The van der Waals surface area contributed by atoms with E-state index in [0.717, 1.165) is 0 Å². The van der Waals surface area contributed by atoms with Crippen LogP contribution < -0.4 is 4.90 Å². The van der Waals surface area contributed by atoms with Crippen molar-refractivity contribution in [3.05, 3.63) is 35.4 Å². The Hall–Kier alpha value is -0.820. The molecule has 0 bridgehead atoms. The van der Waals surface area contributed by atoms with Crippen LogP contribution in [0.4, 0.5) is 0 Å². The molecule has 0 saturated heterocycles. The molecule has 0 aliphatic rings. The van der Waals surface area contributed by atoms with Gasteiger partial charge in [-0.3, -0.25) is 0 Å². The molecule has 0 unspecified atom stereocenters. The van der Waals surface area contributed by atoms with Crippen molar-refractivity contribution in [1.82, 2.24) is 0 Å². The first-order valence-electron chi connectivity index (χ1n) is 5.97. The Bertz CT molecular complexity index is 272. The summed E-state index contributed by atoms with van der Waals surface area (Å²) in [7, 11) is 4.42. The number of hydrogen-bond acceptors (Lipinski definition) is 0. The number of benzene rings is 1. The Kier molecular flexibility index (Phi) is 4.83. The molecule has 0 aliphatic carbocycles. The average molecular weight is 206 g/mol. The Labute approximate surface area is 94.1 Å². The van der Waals surface area contributed by atoms with Crippen LogP contribution in [0.25, 0.3) is 0 Å². The monoisotopic (exact) mass is 206 g/mol. The molecule has 84 valence electrons. The molecule has 1 aromatic rings. The summed E-state index contributed by atoms with van der Waals surface area (Å²) < 4.78 is 0. The van der Waals surface area contributed by atoms with Crippen LogP contribution in [-0.2, 0) is 6.42 Å². The summed E-state index contributed by atoms with van der Waals surface area (Å²) in [6.45, 7) is 5.74. The molecule has 1 rings (SSSR count). The average Bonchev–Trinajstić information content (AvgIpc) is 2.18. The Morgan fingerprint density at radius 1 is 1.07 bits per heavy atom. The standard InChI is InChI=1S/C14H23N/c1-12(2)14-9-7-13(8-10-14)6-5-11-15(3)4/h7-10,12H,5-6,11H2,1-4H3/p+1. The third-order valence-electron chi connectivity index (χ3n) is 2.79. The lowest BCUT2D eigenvalue weighted by atomic mass is 10.0. The zero-order chi connectivity index (χ0) is 11.3. The zero-order valence-electron chi connectivity index (χ0n) is 10.5. The van der Waals surface area contributed by atoms with Gasteiger partial charge in [0, 0.05) is 6.42 Å². The van der Waals surface area contributed by atoms with Crippen LogP contribution in [0.2, 0.25) is 0 Å². The minimum Gasteiger partial charge on any atom is -0.340 e. The molecule has 15 heavy (non-hydrogen) atoms. The first-order chi connectivity index (χ1) is 7.09. The largest absolute Gasteiger partial charge is 0.340 e. The van der Waals surface area contributed by atoms with Crippen molar-refractivity contribution < 1.29 is 4.90 Å². The molecule has 0 spiro atoms. The molecular weight excluding hydrogens is 182 g/mol. The van der Waals surface area contributed by atoms with Gasteiger partial charge in [0.25, 0.3) is 0 Å². The lowest BCUT2D eigenvalue weighted by molar-refractivity contribution is -0.858. The van der Waals surface area contributed by atoms with Gasteiger partial charge in [-0.05, 0) is 23.5 Å². The minimum absolute atomic E-state index is 0.644. The van der Waals surface area contributed by atoms with E-state index >= 15 is 0 Å². The van der Waals surface area contributed by atoms with Crippen LogP contribution in [-0.4, -0.2) is 20.6 Å². The second kappa shape index (κ2) is 5.92. The van der Waals surface area contributed by atoms with Crippen molar-refractivity contribution in [2.75, 3.05) is 20.6 Å². The Morgan fingerprint density at radius 3 is 2.13 bits per heavy atom. The summed E-state index contributed by atoms with van der Waals surface area (Å²) in [6.07, 6.45) is 2.49. The van der Waals surface area contributed by atoms with Gasteiger partial charge in [0.1, 0.15) is 0 Å². The lowest BCUT2D eigenvalue weighted by Crippen LogP contribution is -3.05. The number of nitrogens with one attached hydrogen (secondary N) is 1. The van der Waals surface area contributed by atoms with Crippen LogP contribution in [0.3, 0.4) is 0 Å². The number of aryl methyl sites for hydroxylation is 1. The lowest BCUT2D eigenvalue weighted by Gasteiger charge is -2.08. The van der Waals surface area contributed by atoms with E-state index in [1.807, 2.05) is 0 Å². The van der Waals surface area contributed by atoms with Crippen molar-refractivity contribution in [1.29, 1.82) is 0 Å². The SMILES string of the molecule is CC(C)c1ccc(CCC[NH+](C)C)cc1. The van der Waals surface area contributed by atoms with Crippen molar-refractivity contribution in [2.24, 2.45) is 0 Å². The van der Waals surface area contributed by atoms with Gasteiger partial charge in [-0.1, -0.05) is 38.1 Å². The first-order valence-corrected chi connectivity index (χ1v) is 5.97. The molecule has 0 amide bonds. The number of rotatable bonds is 5. The fourth-order valence-electron chi connectivity index (χ4n) is 1.72. The van der Waals surface area contributed by atoms with Crippen LogP contribution in [0.1, 0.15) is 37.3 Å². The van der Waals surface area contributed by atoms with E-state index < -0.39 is 0 Å². The molecule has 0 atom stereocenters. The van der Waals surface area contributed by atoms with E-state index in [0.29, 0.717) is 5.92 Å². The third kappa shape index (κ3) is 4.48. The van der Waals surface area contributed by atoms with Crippen molar-refractivity contribution in [3.63, 3.8) is 0 Å². The quantitative estimate of drug-likeness (QED) is 0.750. The predicted molar refractivity (Wildman–Crippen MR) is 66.5 cm³/mol. The summed E-state index contributed by atoms with van der Waals surface area (Å²) in [5.41, 5.74) is 2.91. The molecule has 0 aromatic heterocycles. The summed E-state index contributed by atoms with van der Waals surface area (Å²) in [5, 5.41) is 0. The van der Waals surface area contributed by atoms with Gasteiger partial charge in [-0.25, -0.2) is 0 Å². The molecule has 0 fully saturated rings. The van der Waals surface area contributed by atoms with Gasteiger partial charge < -0.3 is 4.90 Å². The molecule has 0 heterocycles. The molecule has 1 N–H and O–H groups in total. The van der Waals surface area contributed by atoms with E-state index in [4.69, 9.17) is 0 Å². The highest BCUT2D eigenvalue weighted by Gasteiger charge is 1.99. The van der Waals surface area contributed by atoms with Crippen molar-refractivity contribution in [2.45, 2.75) is 32.6 Å². The van der Waals surface area contributed by atoms with Crippen LogP contribution >= 0.6 is 0 Å². The Morgan fingerprint density at radius 2 is 1.67 bits per heavy atom. The molecular formula is C14H24N+. The van der Waals surface area contributed by atoms with Crippen LogP contribution in [0.5, 0.6) is 0 Å². The van der Waals surface area contributed by atoms with Crippen LogP contribution in [0, 0.1) is 0 Å². The maximum Gasteiger partial charge on any atom is 0.0770 e. The third-order valence-corrected chi connectivity index (χ3v) is 2.79. The summed E-state index contributed by atoms with van der Waals surface area (Å²) in [4.78, 5) is 1.54. The second-order valence-electron chi connectivity index (χ2n) is 4.96. The molecule has 1 nitrogen and oxygen atoms in total. The smallest absolute Gasteiger partial charge is 0.0770 e. The fraction of sp³-hybridized carbons (Fsp3) is 0.571. The molecule has 0 saturated carbocycles. The maximum absolute atomic E-state index is 2.28. The van der Waals surface area contributed by atoms with E-state index in [-0.39, 0.29) is 0 Å². The van der Waals surface area contributed by atoms with E-state index in [1.54, 1.807) is 0 Å². The normalized spacial score (nSPS) is 11.3. The second-order valence-corrected chi connectivity index (χ2v) is 4.96. The maximum atomic E-state index is 2.28. The highest BCUT2D eigenvalue weighted by atomic mass is 15.0. The van der Waals surface area contributed by atoms with Gasteiger partial charge in [-0.15, -0.1) is 0 Å². The molecule has 1 aromatic carbocycles. The fourth-order valence-corrected chi connectivity index (χ4v) is 1.72. The van der Waals surface area contributed by atoms with Gasteiger partial charge in [0.15, 0.2) is 0 Å². The van der Waals surface area contributed by atoms with Gasteiger partial charge in [-0.2, -0.15) is 0 Å². The highest BCUT2D eigenvalue weighted by Crippen LogP contribution is 2.15. The highest BCUT2D eigenvalue weighted by molar-refractivity contribution is 5.24. The Balaban J connectivity index is 2.43. The van der Waals surface area contributed by atoms with E-state index in [2.05, 4.69) is 52.2 Å². The summed E-state index contributed by atoms with van der Waals surface area (Å²) in [5.74, 6) is 0.644. The van der Waals surface area contributed by atoms with Gasteiger partial charge >= 0.3 is 0 Å². The van der Waals surface area contributed by atoms with Gasteiger partial charge in [0.2, 0.25) is 0 Å². The zero-order valence-corrected chi connectivity index (χ0v) is 10.5. The van der Waals surface area contributed by atoms with Crippen LogP contribution in [0.15, 0.2) is 24.3 Å². The molecule has 1 heteroatoms. The summed E-state index contributed by atoms with van der Waals surface area (Å²) in [6, 6.07) is 9.09. The molecule has 0 radical (unpaired) electrons. The first kappa shape index (κ1) is 12.3. The topological polar surface area (TPSA) is 4.44 Å². The van der Waals surface area contributed by atoms with Crippen molar-refractivity contribution >= 4 is 0 Å². The van der Waals surface area contributed by atoms with Crippen molar-refractivity contribution in [3.8, 4) is 0 Å². The predicted octanol–water partition coefficient (Wildman–Crippen LogP) is 1.89. The number of quaternary nitrogens is 1. The van der Waals surface area contributed by atoms with E-state index in [1.165, 1.54) is 35.4 Å².